The molecule has 0 amide bonds. The number of hydrogen-bond acceptors (Lipinski definition) is 1. The van der Waals surface area contributed by atoms with E-state index in [1.807, 2.05) is 0 Å². The first-order chi connectivity index (χ1) is 30.2. The predicted molar refractivity (Wildman–Crippen MR) is 259 cm³/mol. The van der Waals surface area contributed by atoms with Crippen molar-refractivity contribution in [1.29, 1.82) is 0 Å². The van der Waals surface area contributed by atoms with Gasteiger partial charge < -0.3 is 4.90 Å². The lowest BCUT2D eigenvalue weighted by molar-refractivity contribution is 1.28. The molecule has 0 spiro atoms. The number of rotatable bonds is 10. The molecule has 0 N–H and O–H groups in total. The SMILES string of the molecule is c1ccc(-c2ccc(-c3ccccc3-c3ccc(N(c4cc(-c5ccccc5)cc(-c5ccccc5)c4)c4cc(-c5ccccc5)cc(-c5ccccc5)c4)cc3)cc2)cc1. The Labute approximate surface area is 359 Å². The molecule has 0 aliphatic heterocycles. The van der Waals surface area contributed by atoms with Crippen molar-refractivity contribution in [3.05, 3.63) is 261 Å². The summed E-state index contributed by atoms with van der Waals surface area (Å²) in [5, 5.41) is 0. The monoisotopic (exact) mass is 777 g/mol. The van der Waals surface area contributed by atoms with Gasteiger partial charge in [-0.15, -0.1) is 0 Å². The molecule has 10 aromatic carbocycles. The normalized spacial score (nSPS) is 11.0. The third-order valence-electron chi connectivity index (χ3n) is 11.4. The highest BCUT2D eigenvalue weighted by Gasteiger charge is 2.19. The summed E-state index contributed by atoms with van der Waals surface area (Å²) >= 11 is 0. The molecular formula is C60H43N. The zero-order chi connectivity index (χ0) is 40.8. The van der Waals surface area contributed by atoms with E-state index in [1.54, 1.807) is 0 Å². The fourth-order valence-corrected chi connectivity index (χ4v) is 8.37. The lowest BCUT2D eigenvalue weighted by atomic mass is 9.93. The van der Waals surface area contributed by atoms with Crippen molar-refractivity contribution in [3.63, 3.8) is 0 Å². The molecule has 0 aromatic heterocycles. The molecule has 0 bridgehead atoms. The minimum absolute atomic E-state index is 1.07. The first-order valence-electron chi connectivity index (χ1n) is 20.9. The van der Waals surface area contributed by atoms with Crippen LogP contribution in [0.25, 0.3) is 77.9 Å². The number of benzene rings is 10. The van der Waals surface area contributed by atoms with E-state index in [-0.39, 0.29) is 0 Å². The Balaban J connectivity index is 1.14. The van der Waals surface area contributed by atoms with Crippen molar-refractivity contribution in [2.75, 3.05) is 4.90 Å². The summed E-state index contributed by atoms with van der Waals surface area (Å²) in [4.78, 5) is 2.43. The highest BCUT2D eigenvalue weighted by atomic mass is 15.1. The van der Waals surface area contributed by atoms with E-state index in [4.69, 9.17) is 0 Å². The van der Waals surface area contributed by atoms with Crippen LogP contribution in [0.3, 0.4) is 0 Å². The quantitative estimate of drug-likeness (QED) is 0.134. The van der Waals surface area contributed by atoms with Crippen LogP contribution < -0.4 is 4.90 Å². The van der Waals surface area contributed by atoms with Gasteiger partial charge >= 0.3 is 0 Å². The molecule has 10 rings (SSSR count). The molecule has 1 nitrogen and oxygen atoms in total. The maximum atomic E-state index is 2.43. The molecule has 0 saturated heterocycles. The van der Waals surface area contributed by atoms with Crippen LogP contribution in [0.4, 0.5) is 17.1 Å². The van der Waals surface area contributed by atoms with Gasteiger partial charge in [-0.2, -0.15) is 0 Å². The first kappa shape index (κ1) is 37.3. The van der Waals surface area contributed by atoms with Crippen LogP contribution in [0, 0.1) is 0 Å². The Morgan fingerprint density at radius 1 is 0.164 bits per heavy atom. The van der Waals surface area contributed by atoms with E-state index in [2.05, 4.69) is 266 Å². The molecule has 0 atom stereocenters. The second kappa shape index (κ2) is 17.1. The molecule has 288 valence electrons. The van der Waals surface area contributed by atoms with Gasteiger partial charge in [0.2, 0.25) is 0 Å². The van der Waals surface area contributed by atoms with Gasteiger partial charge in [0.05, 0.1) is 0 Å². The zero-order valence-electron chi connectivity index (χ0n) is 33.8. The summed E-state index contributed by atoms with van der Waals surface area (Å²) in [5.74, 6) is 0. The standard InChI is InChI=1S/C60H43N/c1-6-18-44(19-7-1)49-30-32-50(33-31-49)59-28-16-17-29-60(59)51-34-36-56(37-35-51)61(57-40-52(45-20-8-2-9-21-45)38-53(41-57)46-22-10-3-11-23-46)58-42-54(47-24-12-4-13-25-47)39-55(43-58)48-26-14-5-15-27-48/h1-43H. The Morgan fingerprint density at radius 2 is 0.410 bits per heavy atom. The number of anilines is 3. The van der Waals surface area contributed by atoms with Gasteiger partial charge in [-0.3, -0.25) is 0 Å². The minimum atomic E-state index is 1.07. The van der Waals surface area contributed by atoms with E-state index in [9.17, 15) is 0 Å². The van der Waals surface area contributed by atoms with E-state index in [0.29, 0.717) is 0 Å². The summed E-state index contributed by atoms with van der Waals surface area (Å²) in [6.07, 6.45) is 0. The van der Waals surface area contributed by atoms with Crippen LogP contribution in [0.5, 0.6) is 0 Å². The van der Waals surface area contributed by atoms with Crippen molar-refractivity contribution >= 4 is 17.1 Å². The van der Waals surface area contributed by atoms with Crippen LogP contribution in [0.2, 0.25) is 0 Å². The largest absolute Gasteiger partial charge is 0.310 e. The Hall–Kier alpha value is -8.00. The van der Waals surface area contributed by atoms with Gasteiger partial charge in [-0.05, 0) is 126 Å². The predicted octanol–water partition coefficient (Wildman–Crippen LogP) is 16.8. The second-order valence-corrected chi connectivity index (χ2v) is 15.4. The minimum Gasteiger partial charge on any atom is -0.310 e. The van der Waals surface area contributed by atoms with Gasteiger partial charge in [0.15, 0.2) is 0 Å². The van der Waals surface area contributed by atoms with Gasteiger partial charge in [-0.25, -0.2) is 0 Å². The van der Waals surface area contributed by atoms with Gasteiger partial charge in [0.25, 0.3) is 0 Å². The molecule has 1 heteroatoms. The van der Waals surface area contributed by atoms with Crippen molar-refractivity contribution in [2.24, 2.45) is 0 Å². The second-order valence-electron chi connectivity index (χ2n) is 15.4. The maximum Gasteiger partial charge on any atom is 0.0473 e. The Kier molecular flexibility index (Phi) is 10.4. The third-order valence-corrected chi connectivity index (χ3v) is 11.4. The molecular weight excluding hydrogens is 735 g/mol. The molecule has 0 aliphatic carbocycles. The summed E-state index contributed by atoms with van der Waals surface area (Å²) in [6, 6.07) is 94.1. The van der Waals surface area contributed by atoms with Crippen molar-refractivity contribution in [3.8, 4) is 77.9 Å². The topological polar surface area (TPSA) is 3.24 Å². The van der Waals surface area contributed by atoms with Crippen molar-refractivity contribution in [1.82, 2.24) is 0 Å². The summed E-state index contributed by atoms with van der Waals surface area (Å²) < 4.78 is 0. The van der Waals surface area contributed by atoms with Crippen molar-refractivity contribution < 1.29 is 0 Å². The van der Waals surface area contributed by atoms with Crippen LogP contribution in [-0.4, -0.2) is 0 Å². The fourth-order valence-electron chi connectivity index (χ4n) is 8.37. The molecule has 0 radical (unpaired) electrons. The number of hydrogen-bond donors (Lipinski definition) is 0. The van der Waals surface area contributed by atoms with E-state index in [0.717, 1.165) is 44.9 Å². The highest BCUT2D eigenvalue weighted by molar-refractivity contribution is 5.90. The summed E-state index contributed by atoms with van der Waals surface area (Å²) in [5.41, 5.74) is 19.8. The lowest BCUT2D eigenvalue weighted by Gasteiger charge is -2.28. The molecule has 0 heterocycles. The van der Waals surface area contributed by atoms with Gasteiger partial charge in [0.1, 0.15) is 0 Å². The third kappa shape index (κ3) is 8.06. The summed E-state index contributed by atoms with van der Waals surface area (Å²) in [7, 11) is 0. The van der Waals surface area contributed by atoms with Crippen LogP contribution in [-0.2, 0) is 0 Å². The van der Waals surface area contributed by atoms with Gasteiger partial charge in [0, 0.05) is 17.1 Å². The molecule has 61 heavy (non-hydrogen) atoms. The Bertz CT molecular complexity index is 2770. The molecule has 0 unspecified atom stereocenters. The Morgan fingerprint density at radius 3 is 0.738 bits per heavy atom. The fraction of sp³-hybridized carbons (Fsp3) is 0. The molecule has 10 aromatic rings. The van der Waals surface area contributed by atoms with Crippen LogP contribution in [0.1, 0.15) is 0 Å². The highest BCUT2D eigenvalue weighted by Crippen LogP contribution is 2.44. The number of nitrogens with zero attached hydrogens (tertiary/aromatic N) is 1. The first-order valence-corrected chi connectivity index (χ1v) is 20.9. The average molecular weight is 778 g/mol. The zero-order valence-corrected chi connectivity index (χ0v) is 33.8. The smallest absolute Gasteiger partial charge is 0.0473 e. The molecule has 0 fully saturated rings. The van der Waals surface area contributed by atoms with E-state index >= 15 is 0 Å². The van der Waals surface area contributed by atoms with Gasteiger partial charge in [-0.1, -0.05) is 212 Å². The summed E-state index contributed by atoms with van der Waals surface area (Å²) in [6.45, 7) is 0. The lowest BCUT2D eigenvalue weighted by Crippen LogP contribution is -2.11. The van der Waals surface area contributed by atoms with Crippen LogP contribution in [0.15, 0.2) is 261 Å². The molecule has 0 aliphatic rings. The maximum absolute atomic E-state index is 2.43. The van der Waals surface area contributed by atoms with Crippen LogP contribution >= 0.6 is 0 Å². The van der Waals surface area contributed by atoms with E-state index < -0.39 is 0 Å². The van der Waals surface area contributed by atoms with Crippen molar-refractivity contribution in [2.45, 2.75) is 0 Å². The van der Waals surface area contributed by atoms with E-state index in [1.165, 1.54) is 50.1 Å². The average Bonchev–Trinajstić information content (AvgIpc) is 3.35. The molecule has 0 saturated carbocycles.